The molecule has 1 atom stereocenters. The quantitative estimate of drug-likeness (QED) is 0.880. The van der Waals surface area contributed by atoms with E-state index in [0.717, 1.165) is 31.5 Å². The van der Waals surface area contributed by atoms with E-state index < -0.39 is 0 Å². The molecule has 0 unspecified atom stereocenters. The second-order valence-corrected chi connectivity index (χ2v) is 5.34. The summed E-state index contributed by atoms with van der Waals surface area (Å²) in [4.78, 5) is 12.6. The first-order chi connectivity index (χ1) is 7.68. The van der Waals surface area contributed by atoms with E-state index in [9.17, 15) is 4.79 Å². The van der Waals surface area contributed by atoms with Crippen molar-refractivity contribution in [3.8, 4) is 0 Å². The highest BCUT2D eigenvalue weighted by atomic mass is 35.5. The van der Waals surface area contributed by atoms with E-state index in [0.29, 0.717) is 9.90 Å². The molecular weight excluding hydrogens is 279 g/mol. The van der Waals surface area contributed by atoms with Crippen molar-refractivity contribution in [2.24, 2.45) is 0 Å². The average Bonchev–Trinajstić information content (AvgIpc) is 2.61. The van der Waals surface area contributed by atoms with E-state index in [2.05, 4.69) is 10.6 Å². The van der Waals surface area contributed by atoms with Gasteiger partial charge in [-0.1, -0.05) is 11.6 Å². The molecule has 17 heavy (non-hydrogen) atoms. The van der Waals surface area contributed by atoms with Crippen LogP contribution in [0.15, 0.2) is 5.38 Å². The third-order valence-corrected chi connectivity index (χ3v) is 4.43. The standard InChI is InChI=1S/C11H15ClN2OS.ClH/c1-7-6-16-10(9(7)12)11(15)14-8-3-2-4-13-5-8;/h6,8,13H,2-5H2,1H3,(H,14,15);1H/t8-;/m1./s1. The number of thiophene rings is 1. The minimum absolute atomic E-state index is 0. The maximum atomic E-state index is 11.9. The number of hydrogen-bond acceptors (Lipinski definition) is 3. The molecule has 0 bridgehead atoms. The number of amides is 1. The van der Waals surface area contributed by atoms with E-state index in [1.165, 1.54) is 11.3 Å². The number of halogens is 2. The van der Waals surface area contributed by atoms with Crippen molar-refractivity contribution in [1.29, 1.82) is 0 Å². The fourth-order valence-corrected chi connectivity index (χ4v) is 2.99. The van der Waals surface area contributed by atoms with Crippen LogP contribution in [0.25, 0.3) is 0 Å². The van der Waals surface area contributed by atoms with Gasteiger partial charge >= 0.3 is 0 Å². The van der Waals surface area contributed by atoms with Gasteiger partial charge in [0.05, 0.1) is 5.02 Å². The van der Waals surface area contributed by atoms with Crippen LogP contribution in [0.4, 0.5) is 0 Å². The second kappa shape index (κ2) is 6.59. The van der Waals surface area contributed by atoms with E-state index in [1.807, 2.05) is 12.3 Å². The van der Waals surface area contributed by atoms with Crippen LogP contribution < -0.4 is 10.6 Å². The smallest absolute Gasteiger partial charge is 0.263 e. The van der Waals surface area contributed by atoms with Crippen LogP contribution in [-0.2, 0) is 0 Å². The summed E-state index contributed by atoms with van der Waals surface area (Å²) in [6.45, 7) is 3.82. The van der Waals surface area contributed by atoms with Crippen molar-refractivity contribution < 1.29 is 4.79 Å². The zero-order valence-corrected chi connectivity index (χ0v) is 12.0. The molecule has 0 radical (unpaired) electrons. The van der Waals surface area contributed by atoms with Crippen molar-refractivity contribution in [3.05, 3.63) is 20.8 Å². The molecule has 0 aromatic carbocycles. The molecule has 0 spiro atoms. The molecule has 1 fully saturated rings. The van der Waals surface area contributed by atoms with E-state index in [1.54, 1.807) is 0 Å². The maximum absolute atomic E-state index is 11.9. The summed E-state index contributed by atoms with van der Waals surface area (Å²) in [5.74, 6) is -0.0446. The molecule has 1 amide bonds. The first-order valence-corrected chi connectivity index (χ1v) is 6.69. The molecule has 2 N–H and O–H groups in total. The summed E-state index contributed by atoms with van der Waals surface area (Å²) >= 11 is 7.46. The highest BCUT2D eigenvalue weighted by Crippen LogP contribution is 2.27. The van der Waals surface area contributed by atoms with Gasteiger partial charge in [-0.15, -0.1) is 23.7 Å². The lowest BCUT2D eigenvalue weighted by Crippen LogP contribution is -2.45. The topological polar surface area (TPSA) is 41.1 Å². The van der Waals surface area contributed by atoms with Crippen molar-refractivity contribution in [3.63, 3.8) is 0 Å². The molecule has 0 saturated carbocycles. The van der Waals surface area contributed by atoms with Crippen LogP contribution in [0.1, 0.15) is 28.1 Å². The van der Waals surface area contributed by atoms with Gasteiger partial charge in [0.1, 0.15) is 4.88 Å². The molecule has 0 aliphatic carbocycles. The summed E-state index contributed by atoms with van der Waals surface area (Å²) in [6.07, 6.45) is 2.16. The molecule has 1 aliphatic heterocycles. The largest absolute Gasteiger partial charge is 0.347 e. The molecular formula is C11H16Cl2N2OS. The van der Waals surface area contributed by atoms with Gasteiger partial charge in [-0.2, -0.15) is 0 Å². The Kier molecular flexibility index (Phi) is 5.73. The third-order valence-electron chi connectivity index (χ3n) is 2.74. The Morgan fingerprint density at radius 3 is 2.94 bits per heavy atom. The minimum Gasteiger partial charge on any atom is -0.347 e. The van der Waals surface area contributed by atoms with Gasteiger partial charge in [0.15, 0.2) is 0 Å². The Morgan fingerprint density at radius 2 is 2.41 bits per heavy atom. The molecule has 2 heterocycles. The molecule has 1 aromatic rings. The number of carbonyl (C=O) groups is 1. The van der Waals surface area contributed by atoms with Gasteiger partial charge < -0.3 is 10.6 Å². The van der Waals surface area contributed by atoms with Crippen molar-refractivity contribution in [2.75, 3.05) is 13.1 Å². The predicted octanol–water partition coefficient (Wildman–Crippen LogP) is 2.61. The maximum Gasteiger partial charge on any atom is 0.263 e. The van der Waals surface area contributed by atoms with Crippen LogP contribution in [0.3, 0.4) is 0 Å². The van der Waals surface area contributed by atoms with E-state index in [4.69, 9.17) is 11.6 Å². The number of hydrogen-bond donors (Lipinski definition) is 2. The summed E-state index contributed by atoms with van der Waals surface area (Å²) in [7, 11) is 0. The second-order valence-electron chi connectivity index (χ2n) is 4.08. The monoisotopic (exact) mass is 294 g/mol. The van der Waals surface area contributed by atoms with Gasteiger partial charge in [-0.25, -0.2) is 0 Å². The molecule has 96 valence electrons. The van der Waals surface area contributed by atoms with Crippen LogP contribution >= 0.6 is 35.3 Å². The lowest BCUT2D eigenvalue weighted by Gasteiger charge is -2.23. The Bertz CT molecular complexity index is 389. The summed E-state index contributed by atoms with van der Waals surface area (Å²) < 4.78 is 0. The zero-order valence-electron chi connectivity index (χ0n) is 9.59. The molecule has 1 aromatic heterocycles. The number of aryl methyl sites for hydroxylation is 1. The fraction of sp³-hybridized carbons (Fsp3) is 0.545. The fourth-order valence-electron chi connectivity index (χ4n) is 1.81. The molecule has 1 saturated heterocycles. The predicted molar refractivity (Wildman–Crippen MR) is 74.7 cm³/mol. The van der Waals surface area contributed by atoms with Crippen LogP contribution in [0.2, 0.25) is 5.02 Å². The molecule has 1 aliphatic rings. The first-order valence-electron chi connectivity index (χ1n) is 5.43. The highest BCUT2D eigenvalue weighted by molar-refractivity contribution is 7.13. The third kappa shape index (κ3) is 3.58. The van der Waals surface area contributed by atoms with Crippen molar-refractivity contribution >= 4 is 41.3 Å². The Hall–Kier alpha value is -0.290. The zero-order chi connectivity index (χ0) is 11.5. The number of rotatable bonds is 2. The first kappa shape index (κ1) is 14.8. The van der Waals surface area contributed by atoms with Crippen molar-refractivity contribution in [2.45, 2.75) is 25.8 Å². The lowest BCUT2D eigenvalue weighted by molar-refractivity contribution is 0.0935. The average molecular weight is 295 g/mol. The van der Waals surface area contributed by atoms with Gasteiger partial charge in [-0.05, 0) is 37.3 Å². The lowest BCUT2D eigenvalue weighted by atomic mass is 10.1. The Labute approximate surface area is 116 Å². The SMILES string of the molecule is Cc1csc(C(=O)N[C@@H]2CCCNC2)c1Cl.Cl. The normalized spacial score (nSPS) is 19.5. The van der Waals surface area contributed by atoms with Crippen molar-refractivity contribution in [1.82, 2.24) is 10.6 Å². The van der Waals surface area contributed by atoms with Crippen LogP contribution in [0, 0.1) is 6.92 Å². The highest BCUT2D eigenvalue weighted by Gasteiger charge is 2.19. The summed E-state index contributed by atoms with van der Waals surface area (Å²) in [5.41, 5.74) is 0.971. The van der Waals surface area contributed by atoms with E-state index in [-0.39, 0.29) is 24.4 Å². The van der Waals surface area contributed by atoms with Gasteiger partial charge in [0, 0.05) is 12.6 Å². The number of carbonyl (C=O) groups excluding carboxylic acids is 1. The Morgan fingerprint density at radius 1 is 1.65 bits per heavy atom. The summed E-state index contributed by atoms with van der Waals surface area (Å²) in [6, 6.07) is 0.236. The molecule has 2 rings (SSSR count). The van der Waals surface area contributed by atoms with Gasteiger partial charge in [0.2, 0.25) is 0 Å². The molecule has 3 nitrogen and oxygen atoms in total. The number of nitrogens with one attached hydrogen (secondary N) is 2. The van der Waals surface area contributed by atoms with Gasteiger partial charge in [-0.3, -0.25) is 4.79 Å². The number of piperidine rings is 1. The van der Waals surface area contributed by atoms with E-state index >= 15 is 0 Å². The van der Waals surface area contributed by atoms with Crippen LogP contribution in [0.5, 0.6) is 0 Å². The minimum atomic E-state index is -0.0446. The molecule has 6 heteroatoms. The van der Waals surface area contributed by atoms with Gasteiger partial charge in [0.25, 0.3) is 5.91 Å². The summed E-state index contributed by atoms with van der Waals surface area (Å²) in [5, 5.41) is 8.78. The van der Waals surface area contributed by atoms with Crippen LogP contribution in [-0.4, -0.2) is 25.0 Å². The Balaban J connectivity index is 0.00000144.